The van der Waals surface area contributed by atoms with Crippen LogP contribution in [0.3, 0.4) is 0 Å². The topological polar surface area (TPSA) is 16.4 Å². The predicted octanol–water partition coefficient (Wildman–Crippen LogP) is 16.8. The molecule has 0 aliphatic carbocycles. The Hall–Kier alpha value is -6.98. The SMILES string of the molecule is c1ccc(-c2ccc3c(c2)sc2cc(-c4ccccc4)cc(N(c4ccc5oc6ccccc6c5c4)c4ccc(-c5ccccc5)c5sc6ccccc6c45)c23)cc1. The summed E-state index contributed by atoms with van der Waals surface area (Å²) in [6.45, 7) is 0. The maximum atomic E-state index is 6.40. The van der Waals surface area contributed by atoms with E-state index in [1.54, 1.807) is 0 Å². The van der Waals surface area contributed by atoms with Crippen LogP contribution in [0.4, 0.5) is 17.1 Å². The fraction of sp³-hybridized carbons (Fsp3) is 0. The minimum atomic E-state index is 0.882. The van der Waals surface area contributed by atoms with Gasteiger partial charge in [0.25, 0.3) is 0 Å². The van der Waals surface area contributed by atoms with Crippen LogP contribution in [0, 0.1) is 0 Å². The van der Waals surface area contributed by atoms with Crippen molar-refractivity contribution in [1.82, 2.24) is 0 Å². The highest BCUT2D eigenvalue weighted by Crippen LogP contribution is 2.52. The van der Waals surface area contributed by atoms with Crippen LogP contribution in [-0.2, 0) is 0 Å². The molecule has 0 aliphatic rings. The fourth-order valence-corrected chi connectivity index (χ4v) is 11.2. The minimum absolute atomic E-state index is 0.882. The van der Waals surface area contributed by atoms with Gasteiger partial charge >= 0.3 is 0 Å². The van der Waals surface area contributed by atoms with E-state index in [0.717, 1.165) is 39.0 Å². The molecule has 3 heterocycles. The highest BCUT2D eigenvalue weighted by Gasteiger charge is 2.25. The molecule has 12 rings (SSSR count). The Balaban J connectivity index is 1.21. The molecule has 0 saturated heterocycles. The Morgan fingerprint density at radius 1 is 0.345 bits per heavy atom. The average Bonchev–Trinajstić information content (AvgIpc) is 3.99. The summed E-state index contributed by atoms with van der Waals surface area (Å²) in [4.78, 5) is 2.53. The number of para-hydroxylation sites is 1. The zero-order chi connectivity index (χ0) is 38.2. The Labute approximate surface area is 343 Å². The Morgan fingerprint density at radius 3 is 1.78 bits per heavy atom. The molecular weight excluding hydrogens is 743 g/mol. The van der Waals surface area contributed by atoms with Gasteiger partial charge in [-0.25, -0.2) is 0 Å². The average molecular weight is 776 g/mol. The van der Waals surface area contributed by atoms with Gasteiger partial charge in [-0.2, -0.15) is 0 Å². The molecule has 0 amide bonds. The van der Waals surface area contributed by atoms with Gasteiger partial charge in [0, 0.05) is 56.8 Å². The first-order valence-corrected chi connectivity index (χ1v) is 21.2. The summed E-state index contributed by atoms with van der Waals surface area (Å²) in [5, 5.41) is 7.22. The van der Waals surface area contributed by atoms with Crippen molar-refractivity contribution in [3.63, 3.8) is 0 Å². The second-order valence-electron chi connectivity index (χ2n) is 14.8. The van der Waals surface area contributed by atoms with E-state index in [-0.39, 0.29) is 0 Å². The lowest BCUT2D eigenvalue weighted by atomic mass is 9.97. The van der Waals surface area contributed by atoms with E-state index in [1.165, 1.54) is 73.7 Å². The quantitative estimate of drug-likeness (QED) is 0.167. The van der Waals surface area contributed by atoms with E-state index in [4.69, 9.17) is 4.42 Å². The monoisotopic (exact) mass is 775 g/mol. The Morgan fingerprint density at radius 2 is 0.983 bits per heavy atom. The van der Waals surface area contributed by atoms with Gasteiger partial charge in [-0.05, 0) is 88.0 Å². The first-order valence-electron chi connectivity index (χ1n) is 19.6. The molecule has 0 atom stereocenters. The van der Waals surface area contributed by atoms with Crippen molar-refractivity contribution in [2.75, 3.05) is 4.90 Å². The summed E-state index contributed by atoms with van der Waals surface area (Å²) < 4.78 is 11.5. The third kappa shape index (κ3) is 5.30. The normalized spacial score (nSPS) is 11.8. The van der Waals surface area contributed by atoms with E-state index in [9.17, 15) is 0 Å². The zero-order valence-corrected chi connectivity index (χ0v) is 32.9. The maximum absolute atomic E-state index is 6.40. The molecule has 272 valence electrons. The number of fused-ring (bicyclic) bond motifs is 9. The van der Waals surface area contributed by atoms with Gasteiger partial charge in [0.1, 0.15) is 11.2 Å². The number of anilines is 3. The van der Waals surface area contributed by atoms with Gasteiger partial charge in [0.05, 0.1) is 11.4 Å². The molecular formula is C54H33NOS2. The summed E-state index contributed by atoms with van der Waals surface area (Å²) in [5.41, 5.74) is 12.4. The predicted molar refractivity (Wildman–Crippen MR) is 250 cm³/mol. The number of benzene rings is 9. The van der Waals surface area contributed by atoms with Crippen molar-refractivity contribution in [3.8, 4) is 33.4 Å². The van der Waals surface area contributed by atoms with Gasteiger partial charge in [-0.1, -0.05) is 146 Å². The maximum Gasteiger partial charge on any atom is 0.135 e. The molecule has 0 spiro atoms. The Bertz CT molecular complexity index is 3510. The summed E-state index contributed by atoms with van der Waals surface area (Å²) in [7, 11) is 0. The number of thiophene rings is 2. The van der Waals surface area contributed by atoms with Crippen LogP contribution < -0.4 is 4.90 Å². The van der Waals surface area contributed by atoms with Crippen molar-refractivity contribution >= 4 is 102 Å². The fourth-order valence-electron chi connectivity index (χ4n) is 8.77. The number of nitrogens with zero attached hydrogens (tertiary/aromatic N) is 1. The lowest BCUT2D eigenvalue weighted by molar-refractivity contribution is 0.669. The summed E-state index contributed by atoms with van der Waals surface area (Å²) >= 11 is 3.75. The van der Waals surface area contributed by atoms with E-state index >= 15 is 0 Å². The van der Waals surface area contributed by atoms with E-state index < -0.39 is 0 Å². The zero-order valence-electron chi connectivity index (χ0n) is 31.2. The smallest absolute Gasteiger partial charge is 0.135 e. The van der Waals surface area contributed by atoms with Crippen LogP contribution in [0.15, 0.2) is 205 Å². The summed E-state index contributed by atoms with van der Waals surface area (Å²) in [5.74, 6) is 0. The van der Waals surface area contributed by atoms with Crippen molar-refractivity contribution in [3.05, 3.63) is 200 Å². The standard InChI is InChI=1S/C54H33NOS2/c1-4-14-34(15-5-1)37-24-26-43-50(31-37)57-51-32-38(35-16-6-2-7-17-35)30-46(52(43)51)55(39-25-29-48-44(33-39)41-20-10-12-22-47(41)56-48)45-28-27-40(36-18-8-3-9-19-36)54-53(45)42-21-11-13-23-49(42)58-54/h1-33H. The number of furan rings is 1. The number of rotatable bonds is 6. The molecule has 4 heteroatoms. The van der Waals surface area contributed by atoms with Crippen LogP contribution in [0.2, 0.25) is 0 Å². The molecule has 0 bridgehead atoms. The third-order valence-corrected chi connectivity index (χ3v) is 13.8. The molecule has 58 heavy (non-hydrogen) atoms. The van der Waals surface area contributed by atoms with E-state index in [1.807, 2.05) is 28.7 Å². The minimum Gasteiger partial charge on any atom is -0.456 e. The largest absolute Gasteiger partial charge is 0.456 e. The van der Waals surface area contributed by atoms with Crippen LogP contribution in [0.1, 0.15) is 0 Å². The van der Waals surface area contributed by atoms with Gasteiger partial charge in [0.2, 0.25) is 0 Å². The van der Waals surface area contributed by atoms with Gasteiger partial charge in [-0.15, -0.1) is 22.7 Å². The first kappa shape index (κ1) is 33.2. The molecule has 12 aromatic rings. The van der Waals surface area contributed by atoms with E-state index in [0.29, 0.717) is 0 Å². The highest BCUT2D eigenvalue weighted by molar-refractivity contribution is 7.26. The van der Waals surface area contributed by atoms with E-state index in [2.05, 4.69) is 199 Å². The van der Waals surface area contributed by atoms with Gasteiger partial charge < -0.3 is 9.32 Å². The lowest BCUT2D eigenvalue weighted by Gasteiger charge is -2.28. The molecule has 0 N–H and O–H groups in total. The molecule has 0 unspecified atom stereocenters. The van der Waals surface area contributed by atoms with Gasteiger partial charge in [0.15, 0.2) is 0 Å². The Kier molecular flexibility index (Phi) is 7.62. The molecule has 0 fully saturated rings. The molecule has 0 saturated carbocycles. The molecule has 3 aromatic heterocycles. The van der Waals surface area contributed by atoms with Crippen LogP contribution in [0.5, 0.6) is 0 Å². The van der Waals surface area contributed by atoms with Gasteiger partial charge in [-0.3, -0.25) is 0 Å². The number of hydrogen-bond acceptors (Lipinski definition) is 4. The lowest BCUT2D eigenvalue weighted by Crippen LogP contribution is -2.11. The van der Waals surface area contributed by atoms with Crippen LogP contribution in [-0.4, -0.2) is 0 Å². The van der Waals surface area contributed by atoms with Crippen LogP contribution >= 0.6 is 22.7 Å². The molecule has 0 radical (unpaired) electrons. The second kappa shape index (κ2) is 13.3. The number of hydrogen-bond donors (Lipinski definition) is 0. The van der Waals surface area contributed by atoms with Crippen molar-refractivity contribution in [1.29, 1.82) is 0 Å². The molecule has 0 aliphatic heterocycles. The second-order valence-corrected chi connectivity index (χ2v) is 17.0. The highest BCUT2D eigenvalue weighted by atomic mass is 32.1. The summed E-state index contributed by atoms with van der Waals surface area (Å²) in [6.07, 6.45) is 0. The molecule has 2 nitrogen and oxygen atoms in total. The van der Waals surface area contributed by atoms with Crippen molar-refractivity contribution < 1.29 is 4.42 Å². The third-order valence-electron chi connectivity index (χ3n) is 11.5. The molecule has 9 aromatic carbocycles. The first-order chi connectivity index (χ1) is 28.7. The van der Waals surface area contributed by atoms with Crippen molar-refractivity contribution in [2.24, 2.45) is 0 Å². The van der Waals surface area contributed by atoms with Crippen molar-refractivity contribution in [2.45, 2.75) is 0 Å². The van der Waals surface area contributed by atoms with Crippen LogP contribution in [0.25, 0.3) is 95.7 Å². The summed E-state index contributed by atoms with van der Waals surface area (Å²) in [6, 6.07) is 72.8.